The molecular weight excluding hydrogens is 1350 g/mol. The quantitative estimate of drug-likeness (QED) is 0.0106. The summed E-state index contributed by atoms with van der Waals surface area (Å²) >= 11 is 1.37. The zero-order valence-electron chi connectivity index (χ0n) is 54.7. The van der Waals surface area contributed by atoms with Gasteiger partial charge < -0.3 is 85.8 Å². The van der Waals surface area contributed by atoms with E-state index >= 15 is 9.59 Å². The number of aromatic nitrogens is 6. The largest absolute Gasteiger partial charge is 0.504 e. The van der Waals surface area contributed by atoms with Crippen LogP contribution in [-0.4, -0.2) is 241 Å². The first kappa shape index (κ1) is 75.4. The number of nitrogens with zero attached hydrogens (tertiary/aromatic N) is 7. The smallest absolute Gasteiger partial charge is 0.261 e. The zero-order chi connectivity index (χ0) is 71.6. The molecule has 3 aliphatic heterocycles. The number of H-pyrrole nitrogens is 2. The maximum absolute atomic E-state index is 15.5. The number of hydrogen-bond acceptors (Lipinski definition) is 27. The summed E-state index contributed by atoms with van der Waals surface area (Å²) in [5.74, 6) is -8.89. The number of aliphatic hydroxyl groups excluding tert-OH is 6. The third-order valence-electron chi connectivity index (χ3n) is 17.2. The Bertz CT molecular complexity index is 3640. The Morgan fingerprint density at radius 1 is 0.730 bits per heavy atom. The van der Waals surface area contributed by atoms with Crippen molar-refractivity contribution in [3.8, 4) is 38.4 Å². The summed E-state index contributed by atoms with van der Waals surface area (Å²) in [7, 11) is 1.70. The molecule has 13 atom stereocenters. The first-order valence-corrected chi connectivity index (χ1v) is 33.8. The van der Waals surface area contributed by atoms with E-state index in [2.05, 4.69) is 66.5 Å². The van der Waals surface area contributed by atoms with E-state index < -0.39 is 158 Å². The molecule has 6 aromatic rings. The second-order valence-corrected chi connectivity index (χ2v) is 26.1. The predicted octanol–water partition coefficient (Wildman–Crippen LogP) is -0.0288. The summed E-state index contributed by atoms with van der Waals surface area (Å²) in [4.78, 5) is 107. The summed E-state index contributed by atoms with van der Waals surface area (Å²) in [6.45, 7) is 1.99. The van der Waals surface area contributed by atoms with Crippen molar-refractivity contribution in [1.82, 2.24) is 71.9 Å². The summed E-state index contributed by atoms with van der Waals surface area (Å²) in [6, 6.07) is 5.60. The van der Waals surface area contributed by atoms with Gasteiger partial charge in [-0.2, -0.15) is 10.2 Å². The Morgan fingerprint density at radius 2 is 1.35 bits per heavy atom. The number of benzene rings is 3. The second-order valence-electron chi connectivity index (χ2n) is 24.7. The highest BCUT2D eigenvalue weighted by Crippen LogP contribution is 2.34. The van der Waals surface area contributed by atoms with Gasteiger partial charge in [-0.1, -0.05) is 65.1 Å². The number of rotatable bonds is 27. The van der Waals surface area contributed by atoms with Gasteiger partial charge in [0, 0.05) is 112 Å². The van der Waals surface area contributed by atoms with Gasteiger partial charge in [-0.15, -0.1) is 10.2 Å². The molecule has 0 radical (unpaired) electrons. The summed E-state index contributed by atoms with van der Waals surface area (Å²) < 4.78 is 20.5. The topological polar surface area (TPSA) is 480 Å². The molecule has 540 valence electrons. The number of phenols is 1. The molecule has 0 unspecified atom stereocenters. The molecule has 0 spiro atoms. The monoisotopic (exact) mass is 1430 g/mol. The van der Waals surface area contributed by atoms with Crippen LogP contribution in [0.5, 0.6) is 17.2 Å². The second kappa shape index (κ2) is 36.0. The summed E-state index contributed by atoms with van der Waals surface area (Å²) in [5.41, 5.74) is 2.44. The van der Waals surface area contributed by atoms with E-state index in [9.17, 15) is 59.7 Å². The van der Waals surface area contributed by atoms with Gasteiger partial charge in [0.25, 0.3) is 18.2 Å². The van der Waals surface area contributed by atoms with Crippen molar-refractivity contribution in [2.45, 2.75) is 151 Å². The maximum atomic E-state index is 15.5. The van der Waals surface area contributed by atoms with E-state index in [1.54, 1.807) is 19.2 Å². The van der Waals surface area contributed by atoms with Crippen molar-refractivity contribution in [3.05, 3.63) is 114 Å². The Balaban J connectivity index is 1.01. The lowest BCUT2D eigenvalue weighted by Crippen LogP contribution is -2.65. The fourth-order valence-corrected chi connectivity index (χ4v) is 13.0. The average Bonchev–Trinajstić information content (AvgIpc) is 1.52. The van der Waals surface area contributed by atoms with Gasteiger partial charge >= 0.3 is 0 Å². The highest BCUT2D eigenvalue weighted by atomic mass is 32.2. The van der Waals surface area contributed by atoms with Crippen molar-refractivity contribution in [2.75, 3.05) is 40.0 Å². The SMILES string of the molecule is COCCCCCCCOc1ccc(-c2nnc(-c3ccc(C(=O)N[C@H]4C[C@@H](O)CNC(=O)[C@@H]5[C@@H](O)[C@H](C)CN5C(=O)[C@H]([C@H](O)N(Cc5cn[nH]c5)Cc5cn[nH]c5)NC(=O)[C@H]([C@H](O)Cc5ccc(O)c(OSOOO)c5)NC(=O)[C@@H]5C[C@@H](O)CN5C(=O)[C@H]([C@@H](C)O)NC4=O)cc3)s2)cc1. The first-order valence-electron chi connectivity index (χ1n) is 32.3. The van der Waals surface area contributed by atoms with Crippen LogP contribution in [0.25, 0.3) is 21.1 Å². The maximum Gasteiger partial charge on any atom is 0.261 e. The molecule has 9 rings (SSSR count). The van der Waals surface area contributed by atoms with Crippen LogP contribution in [0.4, 0.5) is 0 Å². The minimum atomic E-state index is -2.18. The number of β-amino-alcohol motifs (C(OH)–C–C–N with tert-alkyl or cyclic N) is 1. The number of phenolic OH excluding ortho intramolecular Hbond substituents is 1. The third kappa shape index (κ3) is 19.8. The predicted molar refractivity (Wildman–Crippen MR) is 354 cm³/mol. The number of amides is 7. The Hall–Kier alpha value is -8.76. The lowest BCUT2D eigenvalue weighted by Gasteiger charge is -2.37. The minimum absolute atomic E-state index is 0.0111. The fourth-order valence-electron chi connectivity index (χ4n) is 11.9. The van der Waals surface area contributed by atoms with Gasteiger partial charge in [0.05, 0.1) is 49.5 Å². The molecule has 0 bridgehead atoms. The molecule has 34 nitrogen and oxygen atoms in total. The van der Waals surface area contributed by atoms with E-state index in [1.807, 2.05) is 24.3 Å². The van der Waals surface area contributed by atoms with Crippen LogP contribution in [0.3, 0.4) is 0 Å². The number of carbonyl (C=O) groups is 7. The Morgan fingerprint density at radius 3 is 1.98 bits per heavy atom. The first-order chi connectivity index (χ1) is 48.1. The van der Waals surface area contributed by atoms with Crippen molar-refractivity contribution >= 4 is 65.0 Å². The number of methoxy groups -OCH3 is 1. The van der Waals surface area contributed by atoms with E-state index in [0.29, 0.717) is 39.1 Å². The standard InChI is InChI=1S/C64H82N14O20S2/c1-34-30-78-53(54(34)84)59(89)65-29-42(80)23-45(70-55(85)39-10-12-40(13-11-39)60-74-75-61(99-60)41-14-16-44(17-15-41)95-20-8-6-4-5-7-19-94-3)56(86)71-50(35(2)79)63(91)77-33-43(81)24-46(77)57(87)72-51(48(83)21-36-9-18-47(82)49(22-36)96-100-98-97-93)58(88)73-52(64(78)92)62(90)76(31-37-25-66-67-26-37)32-38-27-68-69-28-38/h9-18,22,25-28,34-35,42-43,45-46,48,50-54,62,79-84,90,93H,4-8,19-21,23-24,29-33H2,1-3H3,(H,65,89)(H,66,67)(H,68,69)(H,70,85)(H,71,86)(H,72,87)(H,73,88)/t34-,35-,42-,43-,45+,46+,48-,50+,51+,52+,53+,54+,62+/m1/s1. The molecule has 3 aliphatic rings. The Labute approximate surface area is 581 Å². The average molecular weight is 1430 g/mol. The lowest BCUT2D eigenvalue weighted by molar-refractivity contribution is -0.433. The number of fused-ring (bicyclic) bond motifs is 2. The number of carbonyl (C=O) groups excluding carboxylic acids is 7. The highest BCUT2D eigenvalue weighted by Gasteiger charge is 2.50. The van der Waals surface area contributed by atoms with Crippen LogP contribution in [0.1, 0.15) is 85.8 Å². The van der Waals surface area contributed by atoms with E-state index in [4.69, 9.17) is 18.9 Å². The zero-order valence-corrected chi connectivity index (χ0v) is 56.3. The molecule has 36 heteroatoms. The van der Waals surface area contributed by atoms with Crippen LogP contribution in [-0.2, 0) is 62.4 Å². The number of aromatic hydroxyl groups is 1. The minimum Gasteiger partial charge on any atom is -0.504 e. The molecule has 0 aliphatic carbocycles. The molecular formula is C64H82N14O20S2. The molecule has 3 aromatic carbocycles. The van der Waals surface area contributed by atoms with E-state index in [0.717, 1.165) is 67.1 Å². The molecule has 0 saturated carbocycles. The van der Waals surface area contributed by atoms with Crippen LogP contribution >= 0.6 is 23.7 Å². The summed E-state index contributed by atoms with van der Waals surface area (Å²) in [5, 5.41) is 129. The van der Waals surface area contributed by atoms with Crippen molar-refractivity contribution < 1.29 is 97.6 Å². The normalized spacial score (nSPS) is 23.7. The molecule has 100 heavy (non-hydrogen) atoms. The number of aliphatic hydroxyl groups is 6. The van der Waals surface area contributed by atoms with Gasteiger partial charge in [-0.05, 0) is 73.9 Å². The van der Waals surface area contributed by atoms with Crippen LogP contribution in [0, 0.1) is 5.92 Å². The molecule has 7 amide bonds. The molecule has 3 aromatic heterocycles. The fraction of sp³-hybridized carbons (Fsp3) is 0.484. The number of hydrogen-bond donors (Lipinski definition) is 15. The molecule has 3 fully saturated rings. The van der Waals surface area contributed by atoms with Crippen molar-refractivity contribution in [1.29, 1.82) is 0 Å². The van der Waals surface area contributed by atoms with Gasteiger partial charge in [0.1, 0.15) is 58.2 Å². The van der Waals surface area contributed by atoms with Crippen LogP contribution < -0.4 is 35.5 Å². The molecule has 6 heterocycles. The van der Waals surface area contributed by atoms with Gasteiger partial charge in [0.2, 0.25) is 35.4 Å². The van der Waals surface area contributed by atoms with Crippen LogP contribution in [0.2, 0.25) is 0 Å². The molecule has 15 N–H and O–H groups in total. The number of aromatic amines is 2. The Kier molecular flexibility index (Phi) is 27.2. The van der Waals surface area contributed by atoms with Gasteiger partial charge in [-0.3, -0.25) is 48.7 Å². The molecule has 3 saturated heterocycles. The van der Waals surface area contributed by atoms with Crippen molar-refractivity contribution in [3.63, 3.8) is 0 Å². The van der Waals surface area contributed by atoms with Gasteiger partial charge in [-0.25, -0.2) is 5.26 Å². The van der Waals surface area contributed by atoms with Crippen molar-refractivity contribution in [2.24, 2.45) is 5.92 Å². The summed E-state index contributed by atoms with van der Waals surface area (Å²) in [6.07, 6.45) is -1.43. The van der Waals surface area contributed by atoms with Crippen LogP contribution in [0.15, 0.2) is 91.5 Å². The number of unbranched alkanes of at least 4 members (excludes halogenated alkanes) is 4. The highest BCUT2D eigenvalue weighted by molar-refractivity contribution is 7.90. The third-order valence-corrected chi connectivity index (χ3v) is 18.6. The van der Waals surface area contributed by atoms with E-state index in [1.165, 1.54) is 72.2 Å². The number of nitrogens with one attached hydrogen (secondary N) is 7. The number of ether oxygens (including phenoxy) is 2. The lowest BCUT2D eigenvalue weighted by atomic mass is 9.99. The van der Waals surface area contributed by atoms with Gasteiger partial charge in [0.15, 0.2) is 11.5 Å². The van der Waals surface area contributed by atoms with E-state index in [-0.39, 0.29) is 48.8 Å².